The maximum atomic E-state index is 11.8. The minimum absolute atomic E-state index is 0.0433. The first-order chi connectivity index (χ1) is 8.04. The van der Waals surface area contributed by atoms with Crippen LogP contribution in [0.3, 0.4) is 0 Å². The minimum atomic E-state index is -1.10. The number of hydrogen-bond acceptors (Lipinski definition) is 4. The molecule has 0 saturated carbocycles. The van der Waals surface area contributed by atoms with Crippen LogP contribution in [0.1, 0.15) is 26.2 Å². The van der Waals surface area contributed by atoms with E-state index < -0.39 is 12.0 Å². The highest BCUT2D eigenvalue weighted by molar-refractivity contribution is 5.85. The van der Waals surface area contributed by atoms with E-state index in [0.717, 1.165) is 19.4 Å². The third kappa shape index (κ3) is 4.32. The Morgan fingerprint density at radius 1 is 1.53 bits per heavy atom. The third-order valence-corrected chi connectivity index (χ3v) is 3.03. The van der Waals surface area contributed by atoms with Crippen molar-refractivity contribution in [3.63, 3.8) is 0 Å². The zero-order valence-corrected chi connectivity index (χ0v) is 9.98. The summed E-state index contributed by atoms with van der Waals surface area (Å²) in [5, 5.41) is 23.3. The van der Waals surface area contributed by atoms with Gasteiger partial charge in [0.1, 0.15) is 6.04 Å². The molecule has 1 rings (SSSR count). The number of aliphatic carboxylic acids is 1. The molecule has 0 aromatic rings. The van der Waals surface area contributed by atoms with Gasteiger partial charge in [-0.3, -0.25) is 4.79 Å². The van der Waals surface area contributed by atoms with Gasteiger partial charge in [0.2, 0.25) is 5.91 Å². The van der Waals surface area contributed by atoms with Gasteiger partial charge in [0.15, 0.2) is 0 Å². The van der Waals surface area contributed by atoms with E-state index in [9.17, 15) is 9.59 Å². The molecular weight excluding hydrogens is 224 g/mol. The summed E-state index contributed by atoms with van der Waals surface area (Å²) >= 11 is 0. The van der Waals surface area contributed by atoms with Crippen molar-refractivity contribution in [3.05, 3.63) is 0 Å². The summed E-state index contributed by atoms with van der Waals surface area (Å²) in [6.07, 6.45) is 1.49. The quantitative estimate of drug-likeness (QED) is 0.514. The monoisotopic (exact) mass is 244 g/mol. The predicted molar refractivity (Wildman–Crippen MR) is 61.5 cm³/mol. The maximum absolute atomic E-state index is 11.8. The number of carboxylic acid groups (broad SMARTS) is 1. The number of piperidine rings is 1. The number of carbonyl (C=O) groups is 2. The van der Waals surface area contributed by atoms with Gasteiger partial charge in [-0.25, -0.2) is 4.79 Å². The first-order valence-electron chi connectivity index (χ1n) is 5.92. The smallest absolute Gasteiger partial charge is 0.326 e. The van der Waals surface area contributed by atoms with Crippen LogP contribution < -0.4 is 10.6 Å². The van der Waals surface area contributed by atoms with E-state index in [0.29, 0.717) is 0 Å². The van der Waals surface area contributed by atoms with E-state index in [2.05, 4.69) is 10.6 Å². The van der Waals surface area contributed by atoms with Gasteiger partial charge >= 0.3 is 5.97 Å². The lowest BCUT2D eigenvalue weighted by molar-refractivity contribution is -0.143. The zero-order chi connectivity index (χ0) is 12.8. The van der Waals surface area contributed by atoms with E-state index >= 15 is 0 Å². The standard InChI is InChI=1S/C11H20N2O4/c1-7-6-8(2-4-12-7)10(15)13-9(3-5-14)11(16)17/h7-9,12,14H,2-6H2,1H3,(H,13,15)(H,16,17)/t7?,8?,9-/m1/s1. The molecule has 17 heavy (non-hydrogen) atoms. The van der Waals surface area contributed by atoms with E-state index in [1.165, 1.54) is 0 Å². The van der Waals surface area contributed by atoms with Gasteiger partial charge in [-0.2, -0.15) is 0 Å². The van der Waals surface area contributed by atoms with Gasteiger partial charge in [-0.15, -0.1) is 0 Å². The largest absolute Gasteiger partial charge is 0.480 e. The maximum Gasteiger partial charge on any atom is 0.326 e. The summed E-state index contributed by atoms with van der Waals surface area (Å²) in [7, 11) is 0. The highest BCUT2D eigenvalue weighted by Crippen LogP contribution is 2.16. The first-order valence-corrected chi connectivity index (χ1v) is 5.92. The molecule has 1 aliphatic heterocycles. The molecule has 1 fully saturated rings. The second kappa shape index (κ2) is 6.56. The summed E-state index contributed by atoms with van der Waals surface area (Å²) in [5.74, 6) is -1.46. The highest BCUT2D eigenvalue weighted by Gasteiger charge is 2.28. The summed E-state index contributed by atoms with van der Waals surface area (Å²) in [5.41, 5.74) is 0. The van der Waals surface area contributed by atoms with Gasteiger partial charge in [0, 0.05) is 25.0 Å². The van der Waals surface area contributed by atoms with E-state index in [1.54, 1.807) is 0 Å². The van der Waals surface area contributed by atoms with Crippen LogP contribution in [0.15, 0.2) is 0 Å². The third-order valence-electron chi connectivity index (χ3n) is 3.03. The predicted octanol–water partition coefficient (Wildman–Crippen LogP) is -0.674. The molecule has 1 heterocycles. The Morgan fingerprint density at radius 2 is 2.24 bits per heavy atom. The SMILES string of the molecule is CC1CC(C(=O)N[C@H](CCO)C(=O)O)CCN1. The van der Waals surface area contributed by atoms with Crippen LogP contribution in [0.4, 0.5) is 0 Å². The number of aliphatic hydroxyl groups excluding tert-OH is 1. The Morgan fingerprint density at radius 3 is 2.76 bits per heavy atom. The molecular formula is C11H20N2O4. The topological polar surface area (TPSA) is 98.7 Å². The van der Waals surface area contributed by atoms with Crippen LogP contribution in [-0.4, -0.2) is 47.3 Å². The first kappa shape index (κ1) is 13.9. The summed E-state index contributed by atoms with van der Waals surface area (Å²) in [4.78, 5) is 22.7. The van der Waals surface area contributed by atoms with Gasteiger partial charge in [0.05, 0.1) is 0 Å². The molecule has 6 nitrogen and oxygen atoms in total. The molecule has 1 saturated heterocycles. The van der Waals surface area contributed by atoms with Crippen molar-refractivity contribution in [2.75, 3.05) is 13.2 Å². The molecule has 0 bridgehead atoms. The molecule has 98 valence electrons. The number of amides is 1. The fourth-order valence-corrected chi connectivity index (χ4v) is 2.05. The fourth-order valence-electron chi connectivity index (χ4n) is 2.05. The Bertz CT molecular complexity index is 283. The molecule has 2 unspecified atom stereocenters. The molecule has 6 heteroatoms. The number of hydrogen-bond donors (Lipinski definition) is 4. The van der Waals surface area contributed by atoms with Crippen LogP contribution in [0, 0.1) is 5.92 Å². The molecule has 4 N–H and O–H groups in total. The Kier molecular flexibility index (Phi) is 5.37. The lowest BCUT2D eigenvalue weighted by atomic mass is 9.92. The minimum Gasteiger partial charge on any atom is -0.480 e. The van der Waals surface area contributed by atoms with Crippen molar-refractivity contribution < 1.29 is 19.8 Å². The van der Waals surface area contributed by atoms with Gasteiger partial charge in [0.25, 0.3) is 0 Å². The number of rotatable bonds is 5. The molecule has 1 aliphatic rings. The van der Waals surface area contributed by atoms with Gasteiger partial charge in [-0.1, -0.05) is 0 Å². The second-order valence-electron chi connectivity index (χ2n) is 4.49. The molecule has 1 amide bonds. The van der Waals surface area contributed by atoms with Crippen molar-refractivity contribution in [1.29, 1.82) is 0 Å². The zero-order valence-electron chi connectivity index (χ0n) is 9.98. The van der Waals surface area contributed by atoms with Crippen molar-refractivity contribution in [1.82, 2.24) is 10.6 Å². The van der Waals surface area contributed by atoms with Crippen LogP contribution in [0.5, 0.6) is 0 Å². The van der Waals surface area contributed by atoms with Crippen LogP contribution in [0.2, 0.25) is 0 Å². The summed E-state index contributed by atoms with van der Waals surface area (Å²) < 4.78 is 0. The Hall–Kier alpha value is -1.14. The lowest BCUT2D eigenvalue weighted by Crippen LogP contribution is -2.47. The highest BCUT2D eigenvalue weighted by atomic mass is 16.4. The Balaban J connectivity index is 2.48. The van der Waals surface area contributed by atoms with Crippen molar-refractivity contribution in [3.8, 4) is 0 Å². The molecule has 0 spiro atoms. The number of carboxylic acids is 1. The fraction of sp³-hybridized carbons (Fsp3) is 0.818. The normalized spacial score (nSPS) is 26.2. The van der Waals surface area contributed by atoms with E-state index in [1.807, 2.05) is 6.92 Å². The average Bonchev–Trinajstić information content (AvgIpc) is 2.28. The van der Waals surface area contributed by atoms with Crippen molar-refractivity contribution in [2.24, 2.45) is 5.92 Å². The summed E-state index contributed by atoms with van der Waals surface area (Å²) in [6.45, 7) is 2.53. The summed E-state index contributed by atoms with van der Waals surface area (Å²) in [6, 6.07) is -0.710. The van der Waals surface area contributed by atoms with Gasteiger partial charge in [-0.05, 0) is 26.3 Å². The number of aliphatic hydroxyl groups is 1. The molecule has 0 aromatic heterocycles. The lowest BCUT2D eigenvalue weighted by Gasteiger charge is -2.28. The van der Waals surface area contributed by atoms with Gasteiger partial charge < -0.3 is 20.8 Å². The number of nitrogens with one attached hydrogen (secondary N) is 2. The van der Waals surface area contributed by atoms with Crippen molar-refractivity contribution in [2.45, 2.75) is 38.3 Å². The van der Waals surface area contributed by atoms with Crippen LogP contribution >= 0.6 is 0 Å². The number of carbonyl (C=O) groups excluding carboxylic acids is 1. The van der Waals surface area contributed by atoms with Crippen LogP contribution in [-0.2, 0) is 9.59 Å². The second-order valence-corrected chi connectivity index (χ2v) is 4.49. The molecule has 3 atom stereocenters. The Labute approximate surface area is 100 Å². The van der Waals surface area contributed by atoms with Crippen molar-refractivity contribution >= 4 is 11.9 Å². The molecule has 0 aromatic carbocycles. The van der Waals surface area contributed by atoms with E-state index in [-0.39, 0.29) is 30.9 Å². The molecule has 0 aliphatic carbocycles. The van der Waals surface area contributed by atoms with E-state index in [4.69, 9.17) is 10.2 Å². The average molecular weight is 244 g/mol. The molecule has 0 radical (unpaired) electrons. The van der Waals surface area contributed by atoms with Crippen LogP contribution in [0.25, 0.3) is 0 Å².